The van der Waals surface area contributed by atoms with E-state index in [1.54, 1.807) is 6.20 Å². The summed E-state index contributed by atoms with van der Waals surface area (Å²) < 4.78 is 5.24. The molecule has 0 radical (unpaired) electrons. The van der Waals surface area contributed by atoms with E-state index in [2.05, 4.69) is 15.1 Å². The fraction of sp³-hybridized carbons (Fsp3) is 0.133. The highest BCUT2D eigenvalue weighted by atomic mass is 35.5. The van der Waals surface area contributed by atoms with Gasteiger partial charge >= 0.3 is 0 Å². The van der Waals surface area contributed by atoms with Crippen LogP contribution >= 0.6 is 11.6 Å². The largest absolute Gasteiger partial charge is 0.332 e. The molecule has 2 aromatic heterocycles. The zero-order valence-corrected chi connectivity index (χ0v) is 11.9. The zero-order valence-electron chi connectivity index (χ0n) is 11.2. The molecule has 2 N–H and O–H groups in total. The Labute approximate surface area is 126 Å². The highest BCUT2D eigenvalue weighted by molar-refractivity contribution is 6.30. The van der Waals surface area contributed by atoms with E-state index in [0.717, 1.165) is 11.1 Å². The van der Waals surface area contributed by atoms with Crippen molar-refractivity contribution in [1.29, 1.82) is 0 Å². The number of pyridine rings is 1. The van der Waals surface area contributed by atoms with Crippen LogP contribution in [0.3, 0.4) is 0 Å². The van der Waals surface area contributed by atoms with Gasteiger partial charge in [0.1, 0.15) is 5.69 Å². The lowest BCUT2D eigenvalue weighted by Crippen LogP contribution is -1.97. The lowest BCUT2D eigenvalue weighted by molar-refractivity contribution is 0.422. The van der Waals surface area contributed by atoms with Crippen LogP contribution in [0, 0.1) is 0 Å². The van der Waals surface area contributed by atoms with E-state index < -0.39 is 0 Å². The highest BCUT2D eigenvalue weighted by Crippen LogP contribution is 2.17. The second-order valence-corrected chi connectivity index (χ2v) is 5.01. The number of hydrogen-bond acceptors (Lipinski definition) is 5. The molecule has 2 heterocycles. The van der Waals surface area contributed by atoms with Gasteiger partial charge in [-0.25, -0.2) is 0 Å². The minimum atomic E-state index is 0.405. The van der Waals surface area contributed by atoms with Crippen LogP contribution in [0.15, 0.2) is 47.1 Å². The maximum absolute atomic E-state index is 5.86. The Hall–Kier alpha value is -2.24. The van der Waals surface area contributed by atoms with Crippen molar-refractivity contribution < 1.29 is 4.52 Å². The Morgan fingerprint density at radius 3 is 2.48 bits per heavy atom. The molecule has 5 nitrogen and oxygen atoms in total. The van der Waals surface area contributed by atoms with Crippen molar-refractivity contribution in [3.63, 3.8) is 0 Å². The third-order valence-electron chi connectivity index (χ3n) is 3.02. The fourth-order valence-electron chi connectivity index (χ4n) is 1.89. The number of halogens is 1. The van der Waals surface area contributed by atoms with Gasteiger partial charge in [-0.1, -0.05) is 35.0 Å². The lowest BCUT2D eigenvalue weighted by Gasteiger charge is -1.97. The number of nitrogens with two attached hydrogens (primary N) is 1. The van der Waals surface area contributed by atoms with Gasteiger partial charge in [0, 0.05) is 24.2 Å². The van der Waals surface area contributed by atoms with Gasteiger partial charge in [-0.05, 0) is 29.3 Å². The minimum absolute atomic E-state index is 0.405. The van der Waals surface area contributed by atoms with E-state index in [9.17, 15) is 0 Å². The second kappa shape index (κ2) is 6.03. The first kappa shape index (κ1) is 13.7. The van der Waals surface area contributed by atoms with Crippen LogP contribution in [0.5, 0.6) is 0 Å². The molecule has 0 bridgehead atoms. The van der Waals surface area contributed by atoms with Crippen LogP contribution in [0.1, 0.15) is 17.0 Å². The van der Waals surface area contributed by atoms with Crippen molar-refractivity contribution in [3.05, 3.63) is 64.6 Å². The van der Waals surface area contributed by atoms with Crippen LogP contribution in [0.25, 0.3) is 11.6 Å². The first-order chi connectivity index (χ1) is 10.2. The molecule has 0 saturated carbocycles. The number of hydrogen-bond donors (Lipinski definition) is 1. The minimum Gasteiger partial charge on any atom is -0.332 e. The molecule has 0 unspecified atom stereocenters. The van der Waals surface area contributed by atoms with Gasteiger partial charge in [-0.2, -0.15) is 4.98 Å². The Morgan fingerprint density at radius 1 is 1.05 bits per heavy atom. The third kappa shape index (κ3) is 3.26. The van der Waals surface area contributed by atoms with Gasteiger partial charge in [0.05, 0.1) is 0 Å². The molecular formula is C15H13ClN4O. The Balaban J connectivity index is 1.77. The Bertz CT molecular complexity index is 722. The van der Waals surface area contributed by atoms with Crippen LogP contribution in [0.2, 0.25) is 5.02 Å². The number of aromatic nitrogens is 3. The van der Waals surface area contributed by atoms with E-state index in [1.165, 1.54) is 0 Å². The summed E-state index contributed by atoms with van der Waals surface area (Å²) in [6, 6.07) is 11.3. The molecule has 3 rings (SSSR count). The molecule has 3 aromatic rings. The highest BCUT2D eigenvalue weighted by Gasteiger charge is 2.10. The summed E-state index contributed by atoms with van der Waals surface area (Å²) in [7, 11) is 0. The van der Waals surface area contributed by atoms with Crippen molar-refractivity contribution in [2.24, 2.45) is 5.73 Å². The normalized spacial score (nSPS) is 10.8. The van der Waals surface area contributed by atoms with E-state index in [1.807, 2.05) is 36.4 Å². The van der Waals surface area contributed by atoms with Crippen molar-refractivity contribution >= 4 is 11.6 Å². The summed E-state index contributed by atoms with van der Waals surface area (Å²) in [5.41, 5.74) is 8.20. The summed E-state index contributed by atoms with van der Waals surface area (Å²) in [6.45, 7) is 0.457. The molecule has 0 fully saturated rings. The van der Waals surface area contributed by atoms with Crippen LogP contribution in [-0.4, -0.2) is 15.1 Å². The SMILES string of the molecule is NCc1ccc(-c2nc(Cc3ccc(Cl)cc3)no2)nc1. The smallest absolute Gasteiger partial charge is 0.276 e. The predicted molar refractivity (Wildman–Crippen MR) is 79.7 cm³/mol. The molecule has 0 aliphatic rings. The molecule has 106 valence electrons. The van der Waals surface area contributed by atoms with E-state index in [0.29, 0.717) is 35.4 Å². The maximum atomic E-state index is 5.86. The maximum Gasteiger partial charge on any atom is 0.276 e. The molecule has 0 amide bonds. The van der Waals surface area contributed by atoms with Crippen molar-refractivity contribution in [1.82, 2.24) is 15.1 Å². The van der Waals surface area contributed by atoms with E-state index >= 15 is 0 Å². The van der Waals surface area contributed by atoms with Gasteiger partial charge in [0.25, 0.3) is 5.89 Å². The molecule has 0 aliphatic carbocycles. The van der Waals surface area contributed by atoms with Crippen LogP contribution < -0.4 is 5.73 Å². The monoisotopic (exact) mass is 300 g/mol. The molecule has 1 aromatic carbocycles. The second-order valence-electron chi connectivity index (χ2n) is 4.57. The Kier molecular flexibility index (Phi) is 3.94. The lowest BCUT2D eigenvalue weighted by atomic mass is 10.1. The fourth-order valence-corrected chi connectivity index (χ4v) is 2.01. The zero-order chi connectivity index (χ0) is 14.7. The molecule has 0 spiro atoms. The summed E-state index contributed by atoms with van der Waals surface area (Å²) in [6.07, 6.45) is 2.29. The first-order valence-electron chi connectivity index (χ1n) is 6.47. The average Bonchev–Trinajstić information content (AvgIpc) is 2.98. The number of rotatable bonds is 4. The topological polar surface area (TPSA) is 77.8 Å². The van der Waals surface area contributed by atoms with E-state index in [-0.39, 0.29) is 0 Å². The van der Waals surface area contributed by atoms with E-state index in [4.69, 9.17) is 21.9 Å². The molecule has 0 saturated heterocycles. The Morgan fingerprint density at radius 2 is 1.81 bits per heavy atom. The first-order valence-corrected chi connectivity index (χ1v) is 6.85. The van der Waals surface area contributed by atoms with Crippen molar-refractivity contribution in [2.75, 3.05) is 0 Å². The molecular weight excluding hydrogens is 288 g/mol. The quantitative estimate of drug-likeness (QED) is 0.801. The van der Waals surface area contributed by atoms with Gasteiger partial charge in [0.2, 0.25) is 0 Å². The molecule has 0 atom stereocenters. The third-order valence-corrected chi connectivity index (χ3v) is 3.28. The standard InChI is InChI=1S/C15H13ClN4O/c16-12-4-1-10(2-5-12)7-14-19-15(21-20-14)13-6-3-11(8-17)9-18-13/h1-6,9H,7-8,17H2. The predicted octanol–water partition coefficient (Wildman–Crippen LogP) is 2.83. The summed E-state index contributed by atoms with van der Waals surface area (Å²) >= 11 is 5.86. The summed E-state index contributed by atoms with van der Waals surface area (Å²) in [5, 5.41) is 4.67. The van der Waals surface area contributed by atoms with Crippen LogP contribution in [0.4, 0.5) is 0 Å². The average molecular weight is 301 g/mol. The molecule has 6 heteroatoms. The van der Waals surface area contributed by atoms with Gasteiger partial charge in [0.15, 0.2) is 5.82 Å². The number of nitrogens with zero attached hydrogens (tertiary/aromatic N) is 3. The van der Waals surface area contributed by atoms with Gasteiger partial charge < -0.3 is 10.3 Å². The number of benzene rings is 1. The van der Waals surface area contributed by atoms with Crippen molar-refractivity contribution in [3.8, 4) is 11.6 Å². The van der Waals surface area contributed by atoms with Gasteiger partial charge in [-0.15, -0.1) is 0 Å². The van der Waals surface area contributed by atoms with Crippen LogP contribution in [-0.2, 0) is 13.0 Å². The molecule has 0 aliphatic heterocycles. The molecule has 21 heavy (non-hydrogen) atoms. The van der Waals surface area contributed by atoms with Crippen molar-refractivity contribution in [2.45, 2.75) is 13.0 Å². The van der Waals surface area contributed by atoms with Gasteiger partial charge in [-0.3, -0.25) is 4.98 Å². The summed E-state index contributed by atoms with van der Waals surface area (Å²) in [5.74, 6) is 1.01. The summed E-state index contributed by atoms with van der Waals surface area (Å²) in [4.78, 5) is 8.61.